The Morgan fingerprint density at radius 1 is 0.600 bits per heavy atom. The van der Waals surface area contributed by atoms with Crippen molar-refractivity contribution in [3.05, 3.63) is 108 Å². The lowest BCUT2D eigenvalue weighted by atomic mass is 9.88. The number of carbonyl (C=O) groups is 2. The molecule has 4 heteroatoms. The average molecular weight is 467 g/mol. The molecule has 0 saturated carbocycles. The summed E-state index contributed by atoms with van der Waals surface area (Å²) in [6.07, 6.45) is 1.45. The van der Waals surface area contributed by atoms with Crippen LogP contribution in [0.2, 0.25) is 0 Å². The Bertz CT molecular complexity index is 1260. The monoisotopic (exact) mass is 466 g/mol. The van der Waals surface area contributed by atoms with Crippen molar-refractivity contribution in [2.75, 3.05) is 0 Å². The van der Waals surface area contributed by atoms with E-state index in [9.17, 15) is 9.59 Å². The second kappa shape index (κ2) is 12.3. The van der Waals surface area contributed by atoms with Gasteiger partial charge in [-0.3, -0.25) is 9.59 Å². The van der Waals surface area contributed by atoms with Crippen LogP contribution in [0.25, 0.3) is 33.4 Å². The van der Waals surface area contributed by atoms with E-state index in [0.717, 1.165) is 6.42 Å². The van der Waals surface area contributed by atoms with E-state index in [1.54, 1.807) is 13.8 Å². The molecule has 0 amide bonds. The smallest absolute Gasteiger partial charge is 0.303 e. The number of hydrogen-bond donors (Lipinski definition) is 2. The summed E-state index contributed by atoms with van der Waals surface area (Å²) in [5.41, 5.74) is 10.9. The number of benzene rings is 4. The van der Waals surface area contributed by atoms with Gasteiger partial charge in [-0.2, -0.15) is 0 Å². The Labute approximate surface area is 206 Å². The first-order valence-corrected chi connectivity index (χ1v) is 11.7. The topological polar surface area (TPSA) is 74.6 Å². The lowest BCUT2D eigenvalue weighted by Gasteiger charge is -2.16. The number of aliphatic carboxylic acids is 2. The van der Waals surface area contributed by atoms with Gasteiger partial charge in [0, 0.05) is 12.8 Å². The molecule has 1 aliphatic rings. The van der Waals surface area contributed by atoms with Crippen molar-refractivity contribution in [1.29, 1.82) is 0 Å². The first-order chi connectivity index (χ1) is 17.0. The molecule has 0 fully saturated rings. The van der Waals surface area contributed by atoms with Crippen molar-refractivity contribution in [2.24, 2.45) is 0 Å². The van der Waals surface area contributed by atoms with Crippen LogP contribution in [-0.2, 0) is 16.0 Å². The Kier molecular flexibility index (Phi) is 8.96. The normalized spacial score (nSPS) is 10.6. The fraction of sp³-hybridized carbons (Fsp3) is 0.161. The van der Waals surface area contributed by atoms with Crippen LogP contribution in [0, 0.1) is 0 Å². The molecule has 4 aromatic carbocycles. The molecule has 0 heterocycles. The molecule has 0 unspecified atom stereocenters. The highest BCUT2D eigenvalue weighted by molar-refractivity contribution is 5.93. The molecule has 2 N–H and O–H groups in total. The lowest BCUT2D eigenvalue weighted by molar-refractivity contribution is -0.137. The Morgan fingerprint density at radius 3 is 1.60 bits per heavy atom. The van der Waals surface area contributed by atoms with Crippen LogP contribution in [0.4, 0.5) is 0 Å². The Hall–Kier alpha value is -4.18. The van der Waals surface area contributed by atoms with Gasteiger partial charge in [0.1, 0.15) is 0 Å². The van der Waals surface area contributed by atoms with E-state index < -0.39 is 11.9 Å². The quantitative estimate of drug-likeness (QED) is 0.287. The second-order valence-corrected chi connectivity index (χ2v) is 8.07. The molecule has 1 aliphatic carbocycles. The Morgan fingerprint density at radius 2 is 1.06 bits per heavy atom. The molecule has 5 rings (SSSR count). The molecular weight excluding hydrogens is 436 g/mol. The van der Waals surface area contributed by atoms with Gasteiger partial charge < -0.3 is 10.2 Å². The minimum Gasteiger partial charge on any atom is -0.481 e. The van der Waals surface area contributed by atoms with Crippen molar-refractivity contribution in [2.45, 2.75) is 33.1 Å². The maximum Gasteiger partial charge on any atom is 0.303 e. The largest absolute Gasteiger partial charge is 0.481 e. The van der Waals surface area contributed by atoms with Gasteiger partial charge in [-0.15, -0.1) is 0 Å². The van der Waals surface area contributed by atoms with E-state index >= 15 is 0 Å². The van der Waals surface area contributed by atoms with Gasteiger partial charge in [0.25, 0.3) is 0 Å². The number of carboxylic acid groups (broad SMARTS) is 2. The van der Waals surface area contributed by atoms with Crippen molar-refractivity contribution in [1.82, 2.24) is 0 Å². The van der Waals surface area contributed by atoms with Crippen LogP contribution in [-0.4, -0.2) is 22.2 Å². The maximum atomic E-state index is 9.37. The van der Waals surface area contributed by atoms with Crippen molar-refractivity contribution < 1.29 is 19.8 Å². The zero-order valence-electron chi connectivity index (χ0n) is 20.1. The molecule has 0 aliphatic heterocycles. The fourth-order valence-corrected chi connectivity index (χ4v) is 4.00. The van der Waals surface area contributed by atoms with Crippen molar-refractivity contribution in [3.8, 4) is 33.4 Å². The summed E-state index contributed by atoms with van der Waals surface area (Å²) in [7, 11) is 0. The van der Waals surface area contributed by atoms with E-state index in [4.69, 9.17) is 10.2 Å². The van der Waals surface area contributed by atoms with Crippen molar-refractivity contribution >= 4 is 11.9 Å². The van der Waals surface area contributed by atoms with E-state index in [2.05, 4.69) is 97.1 Å². The molecule has 178 valence electrons. The molecule has 0 bridgehead atoms. The zero-order chi connectivity index (χ0) is 25.2. The number of rotatable bonds is 4. The highest BCUT2D eigenvalue weighted by Gasteiger charge is 2.23. The highest BCUT2D eigenvalue weighted by atomic mass is 16.4. The molecule has 4 aromatic rings. The number of hydrogen-bond acceptors (Lipinski definition) is 2. The van der Waals surface area contributed by atoms with Crippen LogP contribution >= 0.6 is 0 Å². The molecule has 4 nitrogen and oxygen atoms in total. The Balaban J connectivity index is 0.000000293. The SMILES string of the molecule is CCC(=O)O.CCC(=O)O.c1ccc(-c2ccc3c(c2-c2ccccc2)Cc2ccccc2-3)cc1. The molecule has 35 heavy (non-hydrogen) atoms. The summed E-state index contributed by atoms with van der Waals surface area (Å²) in [6.45, 7) is 3.20. The van der Waals surface area contributed by atoms with E-state index in [1.807, 2.05) is 0 Å². The van der Waals surface area contributed by atoms with Gasteiger partial charge in [-0.05, 0) is 50.9 Å². The standard InChI is InChI=1S/C25H18.2C3H6O2/c1-3-9-18(10-4-1)22-15-16-23-21-14-8-7-13-20(21)17-24(23)25(22)19-11-5-2-6-12-19;2*1-2-3(4)5/h1-16H,17H2;2*2H2,1H3,(H,4,5). The maximum absolute atomic E-state index is 9.37. The zero-order valence-corrected chi connectivity index (χ0v) is 20.1. The van der Waals surface area contributed by atoms with Gasteiger partial charge in [0.2, 0.25) is 0 Å². The van der Waals surface area contributed by atoms with Crippen LogP contribution < -0.4 is 0 Å². The van der Waals surface area contributed by atoms with Crippen LogP contribution in [0.1, 0.15) is 37.8 Å². The van der Waals surface area contributed by atoms with Gasteiger partial charge in [0.05, 0.1) is 0 Å². The second-order valence-electron chi connectivity index (χ2n) is 8.07. The summed E-state index contributed by atoms with van der Waals surface area (Å²) in [4.78, 5) is 18.7. The third-order valence-electron chi connectivity index (χ3n) is 5.74. The molecule has 0 atom stereocenters. The fourth-order valence-electron chi connectivity index (χ4n) is 4.00. The van der Waals surface area contributed by atoms with Crippen LogP contribution in [0.5, 0.6) is 0 Å². The molecule has 0 radical (unpaired) electrons. The van der Waals surface area contributed by atoms with Crippen LogP contribution in [0.3, 0.4) is 0 Å². The summed E-state index contributed by atoms with van der Waals surface area (Å²) in [6, 6.07) is 34.9. The van der Waals surface area contributed by atoms with Gasteiger partial charge in [0.15, 0.2) is 0 Å². The first kappa shape index (κ1) is 25.4. The van der Waals surface area contributed by atoms with Gasteiger partial charge in [-0.1, -0.05) is 111 Å². The average Bonchev–Trinajstić information content (AvgIpc) is 3.28. The molecule has 0 saturated heterocycles. The van der Waals surface area contributed by atoms with E-state index in [1.165, 1.54) is 44.5 Å². The molecule has 0 spiro atoms. The third kappa shape index (κ3) is 6.45. The first-order valence-electron chi connectivity index (χ1n) is 11.7. The van der Waals surface area contributed by atoms with Crippen LogP contribution in [0.15, 0.2) is 97.1 Å². The summed E-state index contributed by atoms with van der Waals surface area (Å²) >= 11 is 0. The predicted molar refractivity (Wildman–Crippen MR) is 141 cm³/mol. The minimum atomic E-state index is -0.745. The summed E-state index contributed by atoms with van der Waals surface area (Å²) in [5.74, 6) is -1.49. The third-order valence-corrected chi connectivity index (χ3v) is 5.74. The van der Waals surface area contributed by atoms with E-state index in [0.29, 0.717) is 0 Å². The number of fused-ring (bicyclic) bond motifs is 3. The van der Waals surface area contributed by atoms with Crippen molar-refractivity contribution in [3.63, 3.8) is 0 Å². The molecule has 0 aromatic heterocycles. The van der Waals surface area contributed by atoms with Gasteiger partial charge >= 0.3 is 11.9 Å². The van der Waals surface area contributed by atoms with E-state index in [-0.39, 0.29) is 12.8 Å². The van der Waals surface area contributed by atoms with Gasteiger partial charge in [-0.25, -0.2) is 0 Å². The summed E-state index contributed by atoms with van der Waals surface area (Å²) in [5, 5.41) is 15.4. The lowest BCUT2D eigenvalue weighted by Crippen LogP contribution is -1.92. The predicted octanol–water partition coefficient (Wildman–Crippen LogP) is 7.55. The highest BCUT2D eigenvalue weighted by Crippen LogP contribution is 2.45. The minimum absolute atomic E-state index is 0.222. The molecular formula is C31H30O4. The summed E-state index contributed by atoms with van der Waals surface area (Å²) < 4.78 is 0. The number of carboxylic acids is 2.